The maximum Gasteiger partial charge on any atom is 0.228 e. The summed E-state index contributed by atoms with van der Waals surface area (Å²) in [6.07, 6.45) is 0.609. The van der Waals surface area contributed by atoms with Crippen LogP contribution in [0.15, 0.2) is 60.7 Å². The average Bonchev–Trinajstić information content (AvgIpc) is 3.04. The molecule has 9 nitrogen and oxygen atoms in total. The fraction of sp³-hybridized carbons (Fsp3) is 0.375. The summed E-state index contributed by atoms with van der Waals surface area (Å²) in [6, 6.07) is 17.0. The van der Waals surface area contributed by atoms with Gasteiger partial charge < -0.3 is 33.6 Å². The highest BCUT2D eigenvalue weighted by molar-refractivity contribution is 5.98. The van der Waals surface area contributed by atoms with Gasteiger partial charge in [0.1, 0.15) is 11.6 Å². The normalized spacial score (nSPS) is 19.0. The highest BCUT2D eigenvalue weighted by Crippen LogP contribution is 2.46. The second-order valence-electron chi connectivity index (χ2n) is 10.3. The number of piperazine rings is 1. The van der Waals surface area contributed by atoms with Crippen molar-refractivity contribution in [3.05, 3.63) is 72.0 Å². The minimum atomic E-state index is -0.586. The molecule has 10 heteroatoms. The summed E-state index contributed by atoms with van der Waals surface area (Å²) in [5.74, 6) is 0.977. The number of rotatable bonds is 8. The van der Waals surface area contributed by atoms with Crippen LogP contribution in [-0.4, -0.2) is 71.3 Å². The van der Waals surface area contributed by atoms with Gasteiger partial charge in [0, 0.05) is 44.7 Å². The van der Waals surface area contributed by atoms with Crippen LogP contribution in [0.25, 0.3) is 0 Å². The fourth-order valence-corrected chi connectivity index (χ4v) is 5.95. The molecular weight excluding hydrogens is 541 g/mol. The Morgan fingerprint density at radius 3 is 2.05 bits per heavy atom. The van der Waals surface area contributed by atoms with Crippen molar-refractivity contribution in [3.8, 4) is 23.0 Å². The quantitative estimate of drug-likeness (QED) is 0.384. The Morgan fingerprint density at radius 2 is 1.48 bits per heavy atom. The average molecular weight is 578 g/mol. The largest absolute Gasteiger partial charge is 0.497 e. The third-order valence-corrected chi connectivity index (χ3v) is 8.08. The van der Waals surface area contributed by atoms with Crippen molar-refractivity contribution in [1.29, 1.82) is 0 Å². The van der Waals surface area contributed by atoms with Crippen molar-refractivity contribution in [3.63, 3.8) is 0 Å². The van der Waals surface area contributed by atoms with Gasteiger partial charge in [-0.1, -0.05) is 24.3 Å². The number of para-hydroxylation sites is 1. The number of benzene rings is 3. The summed E-state index contributed by atoms with van der Waals surface area (Å²) in [6.45, 7) is 1.94. The van der Waals surface area contributed by atoms with Crippen LogP contribution in [0.2, 0.25) is 0 Å². The second kappa shape index (κ2) is 12.6. The van der Waals surface area contributed by atoms with Crippen molar-refractivity contribution >= 4 is 23.2 Å². The first kappa shape index (κ1) is 29.0. The lowest BCUT2D eigenvalue weighted by Crippen LogP contribution is -2.54. The smallest absolute Gasteiger partial charge is 0.228 e. The molecule has 2 aliphatic rings. The van der Waals surface area contributed by atoms with Crippen LogP contribution < -0.4 is 28.7 Å². The molecule has 0 aromatic heterocycles. The molecule has 2 atom stereocenters. The van der Waals surface area contributed by atoms with E-state index < -0.39 is 12.0 Å². The van der Waals surface area contributed by atoms with Crippen LogP contribution in [-0.2, 0) is 9.59 Å². The van der Waals surface area contributed by atoms with Gasteiger partial charge in [-0.2, -0.15) is 0 Å². The number of carbonyl (C=O) groups excluding carboxylic acids is 2. The fourth-order valence-electron chi connectivity index (χ4n) is 5.95. The summed E-state index contributed by atoms with van der Waals surface area (Å²) in [4.78, 5) is 33.3. The van der Waals surface area contributed by atoms with Crippen molar-refractivity contribution in [1.82, 2.24) is 4.90 Å². The maximum atomic E-state index is 14.4. The van der Waals surface area contributed by atoms with Crippen LogP contribution in [0.1, 0.15) is 24.4 Å². The van der Waals surface area contributed by atoms with E-state index in [1.165, 1.54) is 27.4 Å². The summed E-state index contributed by atoms with van der Waals surface area (Å²) in [7, 11) is 6.15. The van der Waals surface area contributed by atoms with E-state index in [-0.39, 0.29) is 24.1 Å². The summed E-state index contributed by atoms with van der Waals surface area (Å²) >= 11 is 0. The number of halogens is 1. The maximum absolute atomic E-state index is 14.4. The molecule has 0 N–H and O–H groups in total. The summed E-state index contributed by atoms with van der Waals surface area (Å²) < 4.78 is 36.4. The molecule has 2 aliphatic heterocycles. The number of hydrogen-bond donors (Lipinski definition) is 0. The van der Waals surface area contributed by atoms with Gasteiger partial charge in [0.2, 0.25) is 17.6 Å². The van der Waals surface area contributed by atoms with Gasteiger partial charge in [-0.3, -0.25) is 9.59 Å². The Morgan fingerprint density at radius 1 is 0.833 bits per heavy atom. The topological polar surface area (TPSA) is 80.8 Å². The van der Waals surface area contributed by atoms with E-state index >= 15 is 0 Å². The molecule has 0 unspecified atom stereocenters. The number of anilines is 2. The Labute approximate surface area is 245 Å². The number of carbonyl (C=O) groups is 2. The van der Waals surface area contributed by atoms with Gasteiger partial charge in [-0.25, -0.2) is 4.39 Å². The van der Waals surface area contributed by atoms with Gasteiger partial charge in [-0.15, -0.1) is 0 Å². The van der Waals surface area contributed by atoms with Crippen molar-refractivity contribution in [2.45, 2.75) is 18.9 Å². The highest BCUT2D eigenvalue weighted by Gasteiger charge is 2.44. The van der Waals surface area contributed by atoms with Gasteiger partial charge in [0.05, 0.1) is 51.8 Å². The van der Waals surface area contributed by atoms with Crippen molar-refractivity contribution < 1.29 is 32.9 Å². The van der Waals surface area contributed by atoms with Crippen LogP contribution in [0.5, 0.6) is 23.0 Å². The lowest BCUT2D eigenvalue weighted by Gasteiger charge is -2.44. The molecule has 0 bridgehead atoms. The zero-order chi connectivity index (χ0) is 29.8. The molecule has 2 saturated heterocycles. The number of methoxy groups -OCH3 is 4. The molecule has 0 saturated carbocycles. The van der Waals surface area contributed by atoms with Crippen LogP contribution in [0.3, 0.4) is 0 Å². The van der Waals surface area contributed by atoms with E-state index in [2.05, 4.69) is 0 Å². The standard InChI is InChI=1S/C32H36FN3O6/c1-39-23-11-9-21(10-12-23)30-24(32(38)35-17-15-34(16-18-35)26-8-6-5-7-25(26)33)13-14-29(37)36(30)22-19-27(40-2)31(42-4)28(20-22)41-3/h5-12,19-20,24,30H,13-18H2,1-4H3/t24-,30+/m1/s1. The zero-order valence-corrected chi connectivity index (χ0v) is 24.3. The minimum absolute atomic E-state index is 0.0334. The lowest BCUT2D eigenvalue weighted by atomic mass is 9.82. The van der Waals surface area contributed by atoms with Gasteiger partial charge in [-0.05, 0) is 36.2 Å². The van der Waals surface area contributed by atoms with Crippen molar-refractivity contribution in [2.75, 3.05) is 64.4 Å². The molecule has 2 heterocycles. The zero-order valence-electron chi connectivity index (χ0n) is 24.3. The lowest BCUT2D eigenvalue weighted by molar-refractivity contribution is -0.138. The third-order valence-electron chi connectivity index (χ3n) is 8.08. The predicted octanol–water partition coefficient (Wildman–Crippen LogP) is 4.69. The first-order valence-electron chi connectivity index (χ1n) is 13.9. The molecule has 2 amide bonds. The molecule has 2 fully saturated rings. The Balaban J connectivity index is 1.49. The Kier molecular flexibility index (Phi) is 8.70. The molecule has 5 rings (SSSR count). The number of hydrogen-bond acceptors (Lipinski definition) is 7. The van der Waals surface area contributed by atoms with Crippen molar-refractivity contribution in [2.24, 2.45) is 5.92 Å². The Hall–Kier alpha value is -4.47. The summed E-state index contributed by atoms with van der Waals surface area (Å²) in [5, 5.41) is 0. The first-order valence-corrected chi connectivity index (χ1v) is 13.9. The number of piperidine rings is 1. The minimum Gasteiger partial charge on any atom is -0.497 e. The molecule has 0 radical (unpaired) electrons. The van der Waals surface area contributed by atoms with E-state index in [0.717, 1.165) is 5.56 Å². The monoisotopic (exact) mass is 577 g/mol. The molecule has 3 aromatic rings. The van der Waals surface area contributed by atoms with E-state index in [1.54, 1.807) is 36.3 Å². The number of amides is 2. The molecule has 0 aliphatic carbocycles. The molecule has 3 aromatic carbocycles. The summed E-state index contributed by atoms with van der Waals surface area (Å²) in [5.41, 5.74) is 1.88. The molecule has 0 spiro atoms. The molecule has 222 valence electrons. The predicted molar refractivity (Wildman–Crippen MR) is 157 cm³/mol. The van der Waals surface area contributed by atoms with Gasteiger partial charge >= 0.3 is 0 Å². The first-order chi connectivity index (χ1) is 20.4. The van der Waals surface area contributed by atoms with Crippen LogP contribution in [0.4, 0.5) is 15.8 Å². The Bertz CT molecular complexity index is 1400. The molecular formula is C32H36FN3O6. The van der Waals surface area contributed by atoms with Gasteiger partial charge in [0.25, 0.3) is 0 Å². The van der Waals surface area contributed by atoms with E-state index in [0.29, 0.717) is 67.0 Å². The third kappa shape index (κ3) is 5.53. The second-order valence-corrected chi connectivity index (χ2v) is 10.3. The van der Waals surface area contributed by atoms with Crippen LogP contribution >= 0.6 is 0 Å². The van der Waals surface area contributed by atoms with Crippen LogP contribution in [0, 0.1) is 11.7 Å². The van der Waals surface area contributed by atoms with E-state index in [1.807, 2.05) is 40.1 Å². The van der Waals surface area contributed by atoms with Gasteiger partial charge in [0.15, 0.2) is 11.5 Å². The molecule has 42 heavy (non-hydrogen) atoms. The SMILES string of the molecule is COc1ccc([C@H]2[C@H](C(=O)N3CCN(c4ccccc4F)CC3)CCC(=O)N2c2cc(OC)c(OC)c(OC)c2)cc1. The van der Waals surface area contributed by atoms with E-state index in [9.17, 15) is 14.0 Å². The van der Waals surface area contributed by atoms with E-state index in [4.69, 9.17) is 18.9 Å². The highest BCUT2D eigenvalue weighted by atomic mass is 19.1. The number of ether oxygens (including phenoxy) is 4. The number of nitrogens with zero attached hydrogens (tertiary/aromatic N) is 3.